The van der Waals surface area contributed by atoms with Gasteiger partial charge in [-0.2, -0.15) is 0 Å². The van der Waals surface area contributed by atoms with Crippen molar-refractivity contribution in [2.75, 3.05) is 40.4 Å². The van der Waals surface area contributed by atoms with Crippen molar-refractivity contribution < 1.29 is 9.53 Å². The Morgan fingerprint density at radius 1 is 1.33 bits per heavy atom. The van der Waals surface area contributed by atoms with Gasteiger partial charge in [-0.05, 0) is 26.4 Å². The van der Waals surface area contributed by atoms with Crippen molar-refractivity contribution in [3.05, 3.63) is 0 Å². The van der Waals surface area contributed by atoms with E-state index < -0.39 is 0 Å². The van der Waals surface area contributed by atoms with E-state index in [1.807, 2.05) is 19.0 Å². The summed E-state index contributed by atoms with van der Waals surface area (Å²) in [7, 11) is 4.07. The van der Waals surface area contributed by atoms with Gasteiger partial charge in [0.2, 0.25) is 5.91 Å². The van der Waals surface area contributed by atoms with Crippen molar-refractivity contribution in [1.82, 2.24) is 15.1 Å². The normalized spacial score (nSPS) is 24.1. The highest BCUT2D eigenvalue weighted by molar-refractivity contribution is 5.84. The predicted octanol–water partition coefficient (Wildman–Crippen LogP) is 1.54. The minimum absolute atomic E-state index is 0.0201. The second-order valence-electron chi connectivity index (χ2n) is 6.28. The zero-order valence-corrected chi connectivity index (χ0v) is 14.4. The van der Waals surface area contributed by atoms with E-state index in [0.717, 1.165) is 32.4 Å². The third-order valence-electron chi connectivity index (χ3n) is 4.23. The summed E-state index contributed by atoms with van der Waals surface area (Å²) in [5.41, 5.74) is 0. The van der Waals surface area contributed by atoms with E-state index in [9.17, 15) is 4.79 Å². The van der Waals surface area contributed by atoms with Gasteiger partial charge in [-0.1, -0.05) is 33.6 Å². The smallest absolute Gasteiger partial charge is 0.241 e. The summed E-state index contributed by atoms with van der Waals surface area (Å²) < 4.78 is 5.64. The minimum Gasteiger partial charge on any atom is -0.378 e. The van der Waals surface area contributed by atoms with Gasteiger partial charge in [0.15, 0.2) is 0 Å². The second-order valence-corrected chi connectivity index (χ2v) is 6.28. The Morgan fingerprint density at radius 2 is 2.05 bits per heavy atom. The summed E-state index contributed by atoms with van der Waals surface area (Å²) in [6.45, 7) is 9.40. The lowest BCUT2D eigenvalue weighted by Gasteiger charge is -2.24. The highest BCUT2D eigenvalue weighted by Crippen LogP contribution is 2.21. The topological polar surface area (TPSA) is 44.8 Å². The summed E-state index contributed by atoms with van der Waals surface area (Å²) in [6, 6.07) is -0.0201. The Labute approximate surface area is 130 Å². The Bertz CT molecular complexity index is 310. The fourth-order valence-corrected chi connectivity index (χ4v) is 2.63. The lowest BCUT2D eigenvalue weighted by atomic mass is 9.99. The van der Waals surface area contributed by atoms with Crippen LogP contribution in [0.1, 0.15) is 40.0 Å². The molecule has 0 aliphatic carbocycles. The van der Waals surface area contributed by atoms with Crippen molar-refractivity contribution in [2.24, 2.45) is 5.92 Å². The quantitative estimate of drug-likeness (QED) is 0.622. The molecule has 5 heteroatoms. The first-order valence-corrected chi connectivity index (χ1v) is 8.30. The van der Waals surface area contributed by atoms with Crippen molar-refractivity contribution in [3.8, 4) is 0 Å². The predicted molar refractivity (Wildman–Crippen MR) is 86.2 cm³/mol. The van der Waals surface area contributed by atoms with Gasteiger partial charge in [0.1, 0.15) is 0 Å². The van der Waals surface area contributed by atoms with Gasteiger partial charge in [-0.15, -0.1) is 0 Å². The van der Waals surface area contributed by atoms with Crippen molar-refractivity contribution >= 4 is 5.91 Å². The minimum atomic E-state index is -0.0201. The maximum Gasteiger partial charge on any atom is 0.241 e. The van der Waals surface area contributed by atoms with E-state index >= 15 is 0 Å². The molecule has 0 saturated carbocycles. The average molecular weight is 299 g/mol. The number of nitrogens with one attached hydrogen (secondary N) is 1. The number of carbonyl (C=O) groups excluding carboxylic acids is 1. The fraction of sp³-hybridized carbons (Fsp3) is 0.938. The molecule has 0 aromatic heterocycles. The molecule has 1 rings (SSSR count). The zero-order valence-electron chi connectivity index (χ0n) is 14.4. The molecule has 0 bridgehead atoms. The molecule has 1 amide bonds. The van der Waals surface area contributed by atoms with Crippen LogP contribution in [0.15, 0.2) is 0 Å². The highest BCUT2D eigenvalue weighted by Gasteiger charge is 2.39. The van der Waals surface area contributed by atoms with E-state index in [1.54, 1.807) is 0 Å². The van der Waals surface area contributed by atoms with Crippen LogP contribution in [-0.2, 0) is 9.53 Å². The lowest BCUT2D eigenvalue weighted by molar-refractivity contribution is -0.131. The molecule has 1 saturated heterocycles. The fourth-order valence-electron chi connectivity index (χ4n) is 2.63. The molecule has 1 aliphatic heterocycles. The molecular weight excluding hydrogens is 266 g/mol. The molecule has 21 heavy (non-hydrogen) atoms. The number of nitrogens with zero attached hydrogens (tertiary/aromatic N) is 2. The molecule has 124 valence electrons. The van der Waals surface area contributed by atoms with Crippen LogP contribution in [0.5, 0.6) is 0 Å². The molecule has 0 aromatic carbocycles. The average Bonchev–Trinajstić information content (AvgIpc) is 2.75. The summed E-state index contributed by atoms with van der Waals surface area (Å²) in [5, 5.41) is 3.51. The van der Waals surface area contributed by atoms with E-state index in [4.69, 9.17) is 4.74 Å². The maximum absolute atomic E-state index is 12.6. The first-order chi connectivity index (χ1) is 10.0. The third-order valence-corrected chi connectivity index (χ3v) is 4.23. The number of rotatable bonds is 10. The van der Waals surface area contributed by atoms with Crippen molar-refractivity contribution in [1.29, 1.82) is 0 Å². The molecule has 0 radical (unpaired) electrons. The van der Waals surface area contributed by atoms with Crippen LogP contribution in [0.4, 0.5) is 0 Å². The second kappa shape index (κ2) is 9.38. The van der Waals surface area contributed by atoms with E-state index in [-0.39, 0.29) is 18.1 Å². The number of likely N-dealkylation sites (N-methyl/N-ethyl adjacent to an activating group) is 1. The first kappa shape index (κ1) is 18.4. The molecule has 0 aromatic rings. The maximum atomic E-state index is 12.6. The SMILES string of the molecule is CCCC1NC(C(C)CC)C(=O)N1CCOCCN(C)C. The standard InChI is InChI=1S/C16H33N3O2/c1-6-8-14-17-15(13(3)7-2)16(20)19(14)10-12-21-11-9-18(4)5/h13-15,17H,6-12H2,1-5H3. The van der Waals surface area contributed by atoms with Gasteiger partial charge in [-0.3, -0.25) is 10.1 Å². The zero-order chi connectivity index (χ0) is 15.8. The molecule has 1 aliphatic rings. The van der Waals surface area contributed by atoms with Crippen LogP contribution < -0.4 is 5.32 Å². The summed E-state index contributed by atoms with van der Waals surface area (Å²) in [6.07, 6.45) is 3.29. The van der Waals surface area contributed by atoms with Crippen molar-refractivity contribution in [3.63, 3.8) is 0 Å². The Balaban J connectivity index is 2.46. The number of ether oxygens (including phenoxy) is 1. The van der Waals surface area contributed by atoms with Gasteiger partial charge in [0, 0.05) is 13.1 Å². The highest BCUT2D eigenvalue weighted by atomic mass is 16.5. The van der Waals surface area contributed by atoms with Crippen LogP contribution in [0.25, 0.3) is 0 Å². The Hall–Kier alpha value is -0.650. The van der Waals surface area contributed by atoms with E-state index in [1.165, 1.54) is 0 Å². The molecule has 5 nitrogen and oxygen atoms in total. The number of carbonyl (C=O) groups is 1. The largest absolute Gasteiger partial charge is 0.378 e. The molecular formula is C16H33N3O2. The monoisotopic (exact) mass is 299 g/mol. The number of amides is 1. The summed E-state index contributed by atoms with van der Waals surface area (Å²) in [5.74, 6) is 0.635. The first-order valence-electron chi connectivity index (χ1n) is 8.30. The van der Waals surface area contributed by atoms with Crippen LogP contribution in [0.2, 0.25) is 0 Å². The van der Waals surface area contributed by atoms with Gasteiger partial charge < -0.3 is 14.5 Å². The molecule has 1 fully saturated rings. The third kappa shape index (κ3) is 5.57. The van der Waals surface area contributed by atoms with Crippen molar-refractivity contribution in [2.45, 2.75) is 52.2 Å². The number of hydrogen-bond donors (Lipinski definition) is 1. The number of hydrogen-bond acceptors (Lipinski definition) is 4. The van der Waals surface area contributed by atoms with Gasteiger partial charge in [-0.25, -0.2) is 0 Å². The molecule has 0 spiro atoms. The van der Waals surface area contributed by atoms with Crippen LogP contribution in [0, 0.1) is 5.92 Å². The van der Waals surface area contributed by atoms with Crippen LogP contribution >= 0.6 is 0 Å². The molecule has 3 atom stereocenters. The summed E-state index contributed by atoms with van der Waals surface area (Å²) >= 11 is 0. The van der Waals surface area contributed by atoms with E-state index in [0.29, 0.717) is 19.1 Å². The van der Waals surface area contributed by atoms with E-state index in [2.05, 4.69) is 31.0 Å². The molecule has 1 N–H and O–H groups in total. The van der Waals surface area contributed by atoms with Gasteiger partial charge >= 0.3 is 0 Å². The summed E-state index contributed by atoms with van der Waals surface area (Å²) in [4.78, 5) is 16.6. The van der Waals surface area contributed by atoms with Gasteiger partial charge in [0.05, 0.1) is 25.4 Å². The Kier molecular flexibility index (Phi) is 8.22. The van der Waals surface area contributed by atoms with Gasteiger partial charge in [0.25, 0.3) is 0 Å². The van der Waals surface area contributed by atoms with Crippen LogP contribution in [0.3, 0.4) is 0 Å². The Morgan fingerprint density at radius 3 is 2.62 bits per heavy atom. The molecule has 3 unspecified atom stereocenters. The lowest BCUT2D eigenvalue weighted by Crippen LogP contribution is -2.39. The molecule has 1 heterocycles. The van der Waals surface area contributed by atoms with Crippen LogP contribution in [-0.4, -0.2) is 68.3 Å².